The topological polar surface area (TPSA) is 90.0 Å². The Hall–Kier alpha value is -1.86. The molecule has 0 aliphatic rings. The van der Waals surface area contributed by atoms with E-state index in [4.69, 9.17) is 5.14 Å². The Labute approximate surface area is 118 Å². The SMILES string of the molecule is Cc1cc(S(N)(=O)=O)cc(NCc2nccn2C)c1C. The molecular weight excluding hydrogens is 276 g/mol. The lowest BCUT2D eigenvalue weighted by Crippen LogP contribution is -2.14. The van der Waals surface area contributed by atoms with Crippen molar-refractivity contribution in [3.8, 4) is 0 Å². The Balaban J connectivity index is 2.32. The molecular formula is C13H18N4O2S. The van der Waals surface area contributed by atoms with Gasteiger partial charge in [-0.15, -0.1) is 0 Å². The van der Waals surface area contributed by atoms with Crippen LogP contribution in [0, 0.1) is 13.8 Å². The number of imidazole rings is 1. The summed E-state index contributed by atoms with van der Waals surface area (Å²) in [5.74, 6) is 0.864. The van der Waals surface area contributed by atoms with Crippen LogP contribution in [0.5, 0.6) is 0 Å². The van der Waals surface area contributed by atoms with Crippen LogP contribution in [0.25, 0.3) is 0 Å². The van der Waals surface area contributed by atoms with Gasteiger partial charge >= 0.3 is 0 Å². The van der Waals surface area contributed by atoms with Crippen LogP contribution in [0.1, 0.15) is 17.0 Å². The van der Waals surface area contributed by atoms with Crippen molar-refractivity contribution in [2.45, 2.75) is 25.3 Å². The molecule has 0 saturated heterocycles. The highest BCUT2D eigenvalue weighted by Crippen LogP contribution is 2.23. The van der Waals surface area contributed by atoms with Crippen LogP contribution in [0.15, 0.2) is 29.4 Å². The molecule has 0 aliphatic carbocycles. The molecule has 2 rings (SSSR count). The molecule has 0 radical (unpaired) electrons. The van der Waals surface area contributed by atoms with Crippen molar-refractivity contribution in [2.75, 3.05) is 5.32 Å². The van der Waals surface area contributed by atoms with Gasteiger partial charge < -0.3 is 9.88 Å². The maximum absolute atomic E-state index is 11.5. The van der Waals surface area contributed by atoms with E-state index in [0.29, 0.717) is 6.54 Å². The summed E-state index contributed by atoms with van der Waals surface area (Å²) in [4.78, 5) is 4.33. The van der Waals surface area contributed by atoms with E-state index in [2.05, 4.69) is 10.3 Å². The molecule has 0 spiro atoms. The quantitative estimate of drug-likeness (QED) is 0.889. The molecule has 1 heterocycles. The van der Waals surface area contributed by atoms with Gasteiger partial charge in [0.05, 0.1) is 11.4 Å². The van der Waals surface area contributed by atoms with Crippen LogP contribution in [-0.2, 0) is 23.6 Å². The molecule has 0 fully saturated rings. The molecule has 0 saturated carbocycles. The Bertz CT molecular complexity index is 735. The van der Waals surface area contributed by atoms with Gasteiger partial charge in [0.25, 0.3) is 0 Å². The Kier molecular flexibility index (Phi) is 3.82. The number of hydrogen-bond donors (Lipinski definition) is 2. The molecule has 0 bridgehead atoms. The molecule has 0 atom stereocenters. The number of aryl methyl sites for hydroxylation is 2. The van der Waals surface area contributed by atoms with Crippen LogP contribution >= 0.6 is 0 Å². The zero-order chi connectivity index (χ0) is 14.9. The Morgan fingerprint density at radius 3 is 2.60 bits per heavy atom. The number of nitrogens with two attached hydrogens (primary N) is 1. The zero-order valence-electron chi connectivity index (χ0n) is 11.7. The fraction of sp³-hybridized carbons (Fsp3) is 0.308. The van der Waals surface area contributed by atoms with Crippen LogP contribution < -0.4 is 10.5 Å². The highest BCUT2D eigenvalue weighted by Gasteiger charge is 2.12. The summed E-state index contributed by atoms with van der Waals surface area (Å²) in [5.41, 5.74) is 2.61. The molecule has 1 aromatic carbocycles. The lowest BCUT2D eigenvalue weighted by molar-refractivity contribution is 0.597. The minimum absolute atomic E-state index is 0.114. The lowest BCUT2D eigenvalue weighted by Gasteiger charge is -2.13. The summed E-state index contributed by atoms with van der Waals surface area (Å²) in [6, 6.07) is 3.14. The summed E-state index contributed by atoms with van der Waals surface area (Å²) in [7, 11) is -1.80. The number of nitrogens with zero attached hydrogens (tertiary/aromatic N) is 2. The normalized spacial score (nSPS) is 11.6. The van der Waals surface area contributed by atoms with Crippen LogP contribution in [0.4, 0.5) is 5.69 Å². The maximum Gasteiger partial charge on any atom is 0.238 e. The van der Waals surface area contributed by atoms with Gasteiger partial charge in [-0.2, -0.15) is 0 Å². The molecule has 108 valence electrons. The van der Waals surface area contributed by atoms with Gasteiger partial charge in [0.2, 0.25) is 10.0 Å². The molecule has 1 aromatic heterocycles. The third-order valence-corrected chi connectivity index (χ3v) is 4.22. The predicted octanol–water partition coefficient (Wildman–Crippen LogP) is 1.30. The molecule has 6 nitrogen and oxygen atoms in total. The van der Waals surface area contributed by atoms with Crippen molar-refractivity contribution >= 4 is 15.7 Å². The summed E-state index contributed by atoms with van der Waals surface area (Å²) in [5, 5.41) is 8.39. The van der Waals surface area contributed by atoms with Crippen molar-refractivity contribution in [3.05, 3.63) is 41.5 Å². The molecule has 7 heteroatoms. The van der Waals surface area contributed by atoms with E-state index < -0.39 is 10.0 Å². The van der Waals surface area contributed by atoms with E-state index in [1.165, 1.54) is 0 Å². The number of nitrogens with one attached hydrogen (secondary N) is 1. The largest absolute Gasteiger partial charge is 0.378 e. The predicted molar refractivity (Wildman–Crippen MR) is 77.8 cm³/mol. The molecule has 20 heavy (non-hydrogen) atoms. The van der Waals surface area contributed by atoms with Gasteiger partial charge in [0.15, 0.2) is 0 Å². The monoisotopic (exact) mass is 294 g/mol. The van der Waals surface area contributed by atoms with E-state index in [0.717, 1.165) is 22.6 Å². The van der Waals surface area contributed by atoms with Gasteiger partial charge in [0, 0.05) is 25.1 Å². The van der Waals surface area contributed by atoms with Crippen molar-refractivity contribution < 1.29 is 8.42 Å². The highest BCUT2D eigenvalue weighted by molar-refractivity contribution is 7.89. The molecule has 0 amide bonds. The van der Waals surface area contributed by atoms with Crippen LogP contribution in [-0.4, -0.2) is 18.0 Å². The fourth-order valence-corrected chi connectivity index (χ4v) is 2.54. The second kappa shape index (κ2) is 5.26. The third-order valence-electron chi connectivity index (χ3n) is 3.33. The zero-order valence-corrected chi connectivity index (χ0v) is 12.5. The number of aromatic nitrogens is 2. The first-order valence-corrected chi connectivity index (χ1v) is 7.68. The van der Waals surface area contributed by atoms with Crippen molar-refractivity contribution in [2.24, 2.45) is 12.2 Å². The molecule has 0 unspecified atom stereocenters. The van der Waals surface area contributed by atoms with Crippen molar-refractivity contribution in [1.82, 2.24) is 9.55 Å². The highest BCUT2D eigenvalue weighted by atomic mass is 32.2. The number of anilines is 1. The van der Waals surface area contributed by atoms with Crippen LogP contribution in [0.3, 0.4) is 0 Å². The first-order chi connectivity index (χ1) is 9.29. The Morgan fingerprint density at radius 2 is 2.05 bits per heavy atom. The average molecular weight is 294 g/mol. The summed E-state index contributed by atoms with van der Waals surface area (Å²) >= 11 is 0. The fourth-order valence-electron chi connectivity index (χ4n) is 1.92. The number of benzene rings is 1. The smallest absolute Gasteiger partial charge is 0.238 e. The van der Waals surface area contributed by atoms with E-state index in [-0.39, 0.29) is 4.90 Å². The van der Waals surface area contributed by atoms with E-state index >= 15 is 0 Å². The number of hydrogen-bond acceptors (Lipinski definition) is 4. The summed E-state index contributed by atoms with van der Waals surface area (Å²) < 4.78 is 24.8. The Morgan fingerprint density at radius 1 is 1.35 bits per heavy atom. The number of primary sulfonamides is 1. The molecule has 0 aliphatic heterocycles. The molecule has 2 aromatic rings. The average Bonchev–Trinajstić information content (AvgIpc) is 2.75. The second-order valence-corrected chi connectivity index (χ2v) is 6.33. The van der Waals surface area contributed by atoms with Crippen LogP contribution in [0.2, 0.25) is 0 Å². The van der Waals surface area contributed by atoms with Gasteiger partial charge in [-0.1, -0.05) is 0 Å². The third kappa shape index (κ3) is 3.00. The number of sulfonamides is 1. The summed E-state index contributed by atoms with van der Waals surface area (Å²) in [6.45, 7) is 4.30. The van der Waals surface area contributed by atoms with Gasteiger partial charge in [-0.25, -0.2) is 18.5 Å². The van der Waals surface area contributed by atoms with Gasteiger partial charge in [-0.3, -0.25) is 0 Å². The van der Waals surface area contributed by atoms with E-state index in [1.54, 1.807) is 18.3 Å². The minimum Gasteiger partial charge on any atom is -0.378 e. The van der Waals surface area contributed by atoms with E-state index in [1.807, 2.05) is 31.7 Å². The first kappa shape index (κ1) is 14.5. The number of rotatable bonds is 4. The lowest BCUT2D eigenvalue weighted by atomic mass is 10.1. The minimum atomic E-state index is -3.71. The standard InChI is InChI=1S/C13H18N4O2S/c1-9-6-11(20(14,18)19)7-12(10(9)2)16-8-13-15-4-5-17(13)3/h4-7,16H,8H2,1-3H3,(H2,14,18,19). The van der Waals surface area contributed by atoms with Gasteiger partial charge in [-0.05, 0) is 37.1 Å². The second-order valence-electron chi connectivity index (χ2n) is 4.77. The van der Waals surface area contributed by atoms with Gasteiger partial charge in [0.1, 0.15) is 5.82 Å². The van der Waals surface area contributed by atoms with Crippen molar-refractivity contribution in [1.29, 1.82) is 0 Å². The maximum atomic E-state index is 11.5. The van der Waals surface area contributed by atoms with Crippen molar-refractivity contribution in [3.63, 3.8) is 0 Å². The van der Waals surface area contributed by atoms with E-state index in [9.17, 15) is 8.42 Å². The molecule has 3 N–H and O–H groups in total. The summed E-state index contributed by atoms with van der Waals surface area (Å²) in [6.07, 6.45) is 3.58. The first-order valence-electron chi connectivity index (χ1n) is 6.13.